The van der Waals surface area contributed by atoms with Crippen LogP contribution < -0.4 is 0 Å². The number of H-pyrrole nitrogens is 1. The fraction of sp³-hybridized carbons (Fsp3) is 0.333. The second-order valence-electron chi connectivity index (χ2n) is 4.57. The van der Waals surface area contributed by atoms with Crippen molar-refractivity contribution in [2.75, 3.05) is 0 Å². The molecule has 0 bridgehead atoms. The van der Waals surface area contributed by atoms with E-state index in [1.165, 1.54) is 52.7 Å². The third-order valence-corrected chi connectivity index (χ3v) is 4.23. The second kappa shape index (κ2) is 4.61. The van der Waals surface area contributed by atoms with Crippen molar-refractivity contribution in [3.05, 3.63) is 34.9 Å². The van der Waals surface area contributed by atoms with Crippen LogP contribution in [-0.4, -0.2) is 4.98 Å². The molecule has 0 saturated carbocycles. The lowest BCUT2D eigenvalue weighted by atomic mass is 10.1. The highest BCUT2D eigenvalue weighted by Crippen LogP contribution is 2.38. The van der Waals surface area contributed by atoms with Crippen LogP contribution in [0.3, 0.4) is 0 Å². The van der Waals surface area contributed by atoms with Gasteiger partial charge in [0.15, 0.2) is 0 Å². The highest BCUT2D eigenvalue weighted by Gasteiger charge is 2.14. The van der Waals surface area contributed by atoms with Gasteiger partial charge in [-0.1, -0.05) is 37.6 Å². The molecule has 1 N–H and O–H groups in total. The van der Waals surface area contributed by atoms with E-state index in [2.05, 4.69) is 41.6 Å². The number of unbranched alkanes of at least 4 members (excludes halogenated alkanes) is 2. The van der Waals surface area contributed by atoms with Crippen molar-refractivity contribution in [3.63, 3.8) is 0 Å². The van der Waals surface area contributed by atoms with Gasteiger partial charge < -0.3 is 4.98 Å². The molecule has 17 heavy (non-hydrogen) atoms. The van der Waals surface area contributed by atoms with Crippen LogP contribution in [-0.2, 0) is 6.42 Å². The molecule has 2 aromatic rings. The van der Waals surface area contributed by atoms with Gasteiger partial charge in [0.05, 0.1) is 0 Å². The Morgan fingerprint density at radius 3 is 3.06 bits per heavy atom. The van der Waals surface area contributed by atoms with Crippen LogP contribution in [0.5, 0.6) is 0 Å². The number of rotatable bonds is 4. The SMILES string of the molecule is CCCCCc1[nH]c2cccc3c2c1C=CS3. The average Bonchev–Trinajstić information content (AvgIpc) is 2.71. The van der Waals surface area contributed by atoms with Crippen molar-refractivity contribution >= 4 is 28.7 Å². The first-order valence-electron chi connectivity index (χ1n) is 6.37. The number of aryl methyl sites for hydroxylation is 1. The van der Waals surface area contributed by atoms with Crippen LogP contribution >= 0.6 is 11.8 Å². The smallest absolute Gasteiger partial charge is 0.0473 e. The summed E-state index contributed by atoms with van der Waals surface area (Å²) in [7, 11) is 0. The Hall–Kier alpha value is -1.15. The maximum atomic E-state index is 3.59. The predicted molar refractivity (Wildman–Crippen MR) is 76.4 cm³/mol. The van der Waals surface area contributed by atoms with Crippen LogP contribution in [0.25, 0.3) is 17.0 Å². The molecule has 0 saturated heterocycles. The summed E-state index contributed by atoms with van der Waals surface area (Å²) in [5.41, 5.74) is 4.13. The van der Waals surface area contributed by atoms with E-state index < -0.39 is 0 Å². The van der Waals surface area contributed by atoms with Crippen LogP contribution in [0.4, 0.5) is 0 Å². The van der Waals surface area contributed by atoms with Gasteiger partial charge in [-0.05, 0) is 36.5 Å². The first-order chi connectivity index (χ1) is 8.40. The van der Waals surface area contributed by atoms with Crippen molar-refractivity contribution in [2.45, 2.75) is 37.5 Å². The molecule has 1 nitrogen and oxygen atoms in total. The van der Waals surface area contributed by atoms with E-state index in [0.29, 0.717) is 0 Å². The maximum absolute atomic E-state index is 3.59. The van der Waals surface area contributed by atoms with Crippen molar-refractivity contribution in [1.82, 2.24) is 4.98 Å². The minimum Gasteiger partial charge on any atom is -0.358 e. The first-order valence-corrected chi connectivity index (χ1v) is 7.25. The lowest BCUT2D eigenvalue weighted by molar-refractivity contribution is 0.710. The van der Waals surface area contributed by atoms with E-state index in [4.69, 9.17) is 0 Å². The molecule has 0 unspecified atom stereocenters. The zero-order chi connectivity index (χ0) is 11.7. The lowest BCUT2D eigenvalue weighted by Gasteiger charge is -2.07. The van der Waals surface area contributed by atoms with Crippen molar-refractivity contribution < 1.29 is 0 Å². The van der Waals surface area contributed by atoms with Gasteiger partial charge >= 0.3 is 0 Å². The molecule has 1 aliphatic rings. The molecule has 0 fully saturated rings. The number of nitrogens with one attached hydrogen (secondary N) is 1. The third kappa shape index (κ3) is 1.91. The van der Waals surface area contributed by atoms with Crippen molar-refractivity contribution in [1.29, 1.82) is 0 Å². The average molecular weight is 243 g/mol. The molecule has 0 atom stereocenters. The van der Waals surface area contributed by atoms with E-state index in [-0.39, 0.29) is 0 Å². The molecule has 1 aromatic heterocycles. The minimum atomic E-state index is 1.17. The number of hydrogen-bond donors (Lipinski definition) is 1. The molecule has 0 radical (unpaired) electrons. The summed E-state index contributed by atoms with van der Waals surface area (Å²) in [6.07, 6.45) is 7.32. The maximum Gasteiger partial charge on any atom is 0.0473 e. The second-order valence-corrected chi connectivity index (χ2v) is 5.52. The largest absolute Gasteiger partial charge is 0.358 e. The van der Waals surface area contributed by atoms with E-state index in [9.17, 15) is 0 Å². The Morgan fingerprint density at radius 2 is 2.18 bits per heavy atom. The number of hydrogen-bond acceptors (Lipinski definition) is 1. The minimum absolute atomic E-state index is 1.17. The molecule has 88 valence electrons. The summed E-state index contributed by atoms with van der Waals surface area (Å²) >= 11 is 1.82. The summed E-state index contributed by atoms with van der Waals surface area (Å²) in [4.78, 5) is 4.98. The number of benzene rings is 1. The fourth-order valence-electron chi connectivity index (χ4n) is 2.50. The quantitative estimate of drug-likeness (QED) is 0.749. The Balaban J connectivity index is 2.03. The van der Waals surface area contributed by atoms with Gasteiger partial charge in [0.25, 0.3) is 0 Å². The van der Waals surface area contributed by atoms with Crippen LogP contribution in [0, 0.1) is 0 Å². The molecule has 0 spiro atoms. The Kier molecular flexibility index (Phi) is 2.98. The summed E-state index contributed by atoms with van der Waals surface area (Å²) < 4.78 is 0. The first kappa shape index (κ1) is 11.0. The zero-order valence-electron chi connectivity index (χ0n) is 10.1. The molecule has 0 amide bonds. The predicted octanol–water partition coefficient (Wildman–Crippen LogP) is 4.98. The summed E-state index contributed by atoms with van der Waals surface area (Å²) in [6, 6.07) is 6.54. The lowest BCUT2D eigenvalue weighted by Crippen LogP contribution is -1.89. The number of aromatic nitrogens is 1. The highest BCUT2D eigenvalue weighted by atomic mass is 32.2. The van der Waals surface area contributed by atoms with Crippen LogP contribution in [0.2, 0.25) is 0 Å². The summed E-state index contributed by atoms with van der Waals surface area (Å²) in [6.45, 7) is 2.25. The number of thioether (sulfide) groups is 1. The monoisotopic (exact) mass is 243 g/mol. The molecular formula is C15H17NS. The van der Waals surface area contributed by atoms with Gasteiger partial charge in [0.1, 0.15) is 0 Å². The third-order valence-electron chi connectivity index (χ3n) is 3.37. The highest BCUT2D eigenvalue weighted by molar-refractivity contribution is 8.02. The van der Waals surface area contributed by atoms with E-state index in [1.54, 1.807) is 0 Å². The van der Waals surface area contributed by atoms with Gasteiger partial charge in [0, 0.05) is 27.1 Å². The van der Waals surface area contributed by atoms with E-state index in [0.717, 1.165) is 0 Å². The molecule has 3 rings (SSSR count). The van der Waals surface area contributed by atoms with Gasteiger partial charge in [-0.25, -0.2) is 0 Å². The van der Waals surface area contributed by atoms with E-state index >= 15 is 0 Å². The zero-order valence-corrected chi connectivity index (χ0v) is 10.9. The molecule has 1 aliphatic heterocycles. The Morgan fingerprint density at radius 1 is 1.24 bits per heavy atom. The summed E-state index contributed by atoms with van der Waals surface area (Å²) in [5, 5.41) is 3.63. The van der Waals surface area contributed by atoms with Crippen LogP contribution in [0.15, 0.2) is 28.5 Å². The van der Waals surface area contributed by atoms with Crippen LogP contribution in [0.1, 0.15) is 37.4 Å². The summed E-state index contributed by atoms with van der Waals surface area (Å²) in [5.74, 6) is 0. The number of aromatic amines is 1. The van der Waals surface area contributed by atoms with Gasteiger partial charge in [0.2, 0.25) is 0 Å². The molecule has 2 heterocycles. The normalized spacial score (nSPS) is 13.5. The van der Waals surface area contributed by atoms with E-state index in [1.807, 2.05) is 11.8 Å². The van der Waals surface area contributed by atoms with Gasteiger partial charge in [-0.2, -0.15) is 0 Å². The van der Waals surface area contributed by atoms with Gasteiger partial charge in [-0.3, -0.25) is 0 Å². The molecule has 2 heteroatoms. The van der Waals surface area contributed by atoms with Crippen molar-refractivity contribution in [2.24, 2.45) is 0 Å². The topological polar surface area (TPSA) is 15.8 Å². The molecule has 1 aromatic carbocycles. The fourth-order valence-corrected chi connectivity index (χ4v) is 3.35. The van der Waals surface area contributed by atoms with Crippen molar-refractivity contribution in [3.8, 4) is 0 Å². The standard InChI is InChI=1S/C15H17NS/c1-2-3-4-6-12-11-9-10-17-14-8-5-7-13(16-12)15(11)14/h5,7-10,16H,2-4,6H2,1H3. The Bertz CT molecular complexity index is 566. The van der Waals surface area contributed by atoms with Gasteiger partial charge in [-0.15, -0.1) is 0 Å². The molecular weight excluding hydrogens is 226 g/mol. The Labute approximate surface area is 106 Å². The molecule has 0 aliphatic carbocycles.